The normalized spacial score (nSPS) is 16.5. The minimum absolute atomic E-state index is 0.134. The Balaban J connectivity index is 1.40. The van der Waals surface area contributed by atoms with Crippen LogP contribution >= 0.6 is 0 Å². The summed E-state index contributed by atoms with van der Waals surface area (Å²) in [5.41, 5.74) is 1.78. The lowest BCUT2D eigenvalue weighted by atomic mass is 9.93. The zero-order valence-corrected chi connectivity index (χ0v) is 18.0. The van der Waals surface area contributed by atoms with Gasteiger partial charge in [-0.3, -0.25) is 4.79 Å². The third kappa shape index (κ3) is 7.00. The Morgan fingerprint density at radius 3 is 2.41 bits per heavy atom. The first-order chi connectivity index (χ1) is 15.2. The highest BCUT2D eigenvalue weighted by Crippen LogP contribution is 2.29. The van der Waals surface area contributed by atoms with Crippen molar-refractivity contribution < 1.29 is 22.8 Å². The van der Waals surface area contributed by atoms with Gasteiger partial charge in [-0.1, -0.05) is 29.8 Å². The molecule has 2 aromatic carbocycles. The fraction of sp³-hybridized carbons (Fsp3) is 0.417. The van der Waals surface area contributed by atoms with Crippen LogP contribution in [0.15, 0.2) is 48.5 Å². The maximum atomic E-state index is 12.6. The minimum Gasteiger partial charge on any atom is -0.352 e. The molecule has 1 heterocycles. The Labute approximate surface area is 186 Å². The lowest BCUT2D eigenvalue weighted by Crippen LogP contribution is -2.42. The smallest absolute Gasteiger partial charge is 0.352 e. The largest absolute Gasteiger partial charge is 0.416 e. The Hall–Kier alpha value is -3.03. The number of halogens is 3. The number of anilines is 1. The van der Waals surface area contributed by atoms with E-state index in [1.807, 2.05) is 31.2 Å². The summed E-state index contributed by atoms with van der Waals surface area (Å²) in [6.45, 7) is 3.46. The van der Waals surface area contributed by atoms with E-state index in [4.69, 9.17) is 0 Å². The van der Waals surface area contributed by atoms with Gasteiger partial charge in [-0.15, -0.1) is 0 Å². The molecule has 0 saturated carbocycles. The predicted octanol–water partition coefficient (Wildman–Crippen LogP) is 5.35. The van der Waals surface area contributed by atoms with Crippen LogP contribution in [0.25, 0.3) is 0 Å². The van der Waals surface area contributed by atoms with Crippen LogP contribution in [0.3, 0.4) is 0 Å². The summed E-state index contributed by atoms with van der Waals surface area (Å²) in [7, 11) is 0. The van der Waals surface area contributed by atoms with Gasteiger partial charge in [0, 0.05) is 31.7 Å². The first-order valence-electron chi connectivity index (χ1n) is 10.8. The van der Waals surface area contributed by atoms with Crippen molar-refractivity contribution >= 4 is 17.6 Å². The standard InChI is InChI=1S/C24H28F3N3O2/c1-17-4-11-21(12-5-17)29-23(32)30-14-2-3-19(16-30)8-13-22(31)28-15-18-6-9-20(10-7-18)24(25,26)27/h4-7,9-12,19H,2-3,8,13-16H2,1H3,(H,28,31)(H,29,32)/t19-/m1/s1. The van der Waals surface area contributed by atoms with Gasteiger partial charge in [-0.05, 0) is 61.9 Å². The van der Waals surface area contributed by atoms with Crippen LogP contribution < -0.4 is 10.6 Å². The maximum Gasteiger partial charge on any atom is 0.416 e. The molecule has 1 atom stereocenters. The predicted molar refractivity (Wildman–Crippen MR) is 117 cm³/mol. The van der Waals surface area contributed by atoms with E-state index in [2.05, 4.69) is 10.6 Å². The van der Waals surface area contributed by atoms with Gasteiger partial charge >= 0.3 is 12.2 Å². The highest BCUT2D eigenvalue weighted by molar-refractivity contribution is 5.89. The van der Waals surface area contributed by atoms with Gasteiger partial charge in [0.25, 0.3) is 0 Å². The van der Waals surface area contributed by atoms with E-state index < -0.39 is 11.7 Å². The van der Waals surface area contributed by atoms with Crippen LogP contribution in [0.1, 0.15) is 42.4 Å². The summed E-state index contributed by atoms with van der Waals surface area (Å²) in [4.78, 5) is 26.5. The number of aryl methyl sites for hydroxylation is 1. The lowest BCUT2D eigenvalue weighted by Gasteiger charge is -2.32. The summed E-state index contributed by atoms with van der Waals surface area (Å²) < 4.78 is 37.8. The van der Waals surface area contributed by atoms with Crippen LogP contribution in [-0.2, 0) is 17.5 Å². The molecule has 0 aliphatic carbocycles. The summed E-state index contributed by atoms with van der Waals surface area (Å²) in [5, 5.41) is 5.67. The molecule has 1 fully saturated rings. The van der Waals surface area contributed by atoms with Gasteiger partial charge in [0.1, 0.15) is 0 Å². The molecule has 0 spiro atoms. The third-order valence-electron chi connectivity index (χ3n) is 5.66. The second kappa shape index (κ2) is 10.5. The maximum absolute atomic E-state index is 12.6. The molecule has 1 aliphatic heterocycles. The second-order valence-electron chi connectivity index (χ2n) is 8.26. The molecule has 1 aliphatic rings. The molecule has 5 nitrogen and oxygen atoms in total. The van der Waals surface area contributed by atoms with E-state index in [1.165, 1.54) is 12.1 Å². The van der Waals surface area contributed by atoms with Crippen LogP contribution in [0, 0.1) is 12.8 Å². The number of urea groups is 1. The SMILES string of the molecule is Cc1ccc(NC(=O)N2CCC[C@H](CCC(=O)NCc3ccc(C(F)(F)F)cc3)C2)cc1. The molecule has 0 radical (unpaired) electrons. The first kappa shape index (κ1) is 23.6. The summed E-state index contributed by atoms with van der Waals surface area (Å²) in [5.74, 6) is 0.0930. The van der Waals surface area contributed by atoms with E-state index in [1.54, 1.807) is 4.90 Å². The molecule has 8 heteroatoms. The molecule has 0 aromatic heterocycles. The number of carbonyl (C=O) groups excluding carboxylic acids is 2. The van der Waals surface area contributed by atoms with E-state index in [9.17, 15) is 22.8 Å². The van der Waals surface area contributed by atoms with Gasteiger partial charge in [0.05, 0.1) is 5.56 Å². The van der Waals surface area contributed by atoms with Gasteiger partial charge in [-0.2, -0.15) is 13.2 Å². The van der Waals surface area contributed by atoms with E-state index in [0.717, 1.165) is 36.2 Å². The highest BCUT2D eigenvalue weighted by Gasteiger charge is 2.30. The van der Waals surface area contributed by atoms with E-state index >= 15 is 0 Å². The van der Waals surface area contributed by atoms with Crippen molar-refractivity contribution in [1.29, 1.82) is 0 Å². The second-order valence-corrected chi connectivity index (χ2v) is 8.26. The highest BCUT2D eigenvalue weighted by atomic mass is 19.4. The van der Waals surface area contributed by atoms with Crippen molar-refractivity contribution in [2.45, 2.75) is 45.3 Å². The van der Waals surface area contributed by atoms with Crippen molar-refractivity contribution in [1.82, 2.24) is 10.2 Å². The number of piperidine rings is 1. The number of hydrogen-bond donors (Lipinski definition) is 2. The van der Waals surface area contributed by atoms with Gasteiger partial charge < -0.3 is 15.5 Å². The topological polar surface area (TPSA) is 61.4 Å². The Morgan fingerprint density at radius 2 is 1.75 bits per heavy atom. The summed E-state index contributed by atoms with van der Waals surface area (Å²) in [6, 6.07) is 12.3. The van der Waals surface area contributed by atoms with Crippen molar-refractivity contribution in [3.05, 3.63) is 65.2 Å². The average molecular weight is 448 g/mol. The molecular formula is C24H28F3N3O2. The molecule has 0 bridgehead atoms. The number of amides is 3. The minimum atomic E-state index is -4.37. The van der Waals surface area contributed by atoms with Crippen molar-refractivity contribution in [3.63, 3.8) is 0 Å². The number of nitrogens with zero attached hydrogens (tertiary/aromatic N) is 1. The van der Waals surface area contributed by atoms with Crippen LogP contribution in [0.5, 0.6) is 0 Å². The fourth-order valence-corrected chi connectivity index (χ4v) is 3.76. The third-order valence-corrected chi connectivity index (χ3v) is 5.66. The Bertz CT molecular complexity index is 912. The molecule has 172 valence electrons. The molecule has 0 unspecified atom stereocenters. The summed E-state index contributed by atoms with van der Waals surface area (Å²) >= 11 is 0. The zero-order valence-electron chi connectivity index (χ0n) is 18.0. The Kier molecular flexibility index (Phi) is 7.77. The van der Waals surface area contributed by atoms with Gasteiger partial charge in [0.2, 0.25) is 5.91 Å². The fourth-order valence-electron chi connectivity index (χ4n) is 3.76. The number of likely N-dealkylation sites (tertiary alicyclic amines) is 1. The Morgan fingerprint density at radius 1 is 1.06 bits per heavy atom. The number of nitrogens with one attached hydrogen (secondary N) is 2. The van der Waals surface area contributed by atoms with Crippen LogP contribution in [0.4, 0.5) is 23.7 Å². The van der Waals surface area contributed by atoms with Crippen LogP contribution in [0.2, 0.25) is 0 Å². The zero-order chi connectivity index (χ0) is 23.1. The number of alkyl halides is 3. The first-order valence-corrected chi connectivity index (χ1v) is 10.8. The summed E-state index contributed by atoms with van der Waals surface area (Å²) in [6.07, 6.45) is -1.54. The van der Waals surface area contributed by atoms with E-state index in [-0.39, 0.29) is 24.4 Å². The average Bonchev–Trinajstić information content (AvgIpc) is 2.77. The number of hydrogen-bond acceptors (Lipinski definition) is 2. The molecule has 32 heavy (non-hydrogen) atoms. The van der Waals surface area contributed by atoms with Gasteiger partial charge in [0.15, 0.2) is 0 Å². The molecular weight excluding hydrogens is 419 g/mol. The number of benzene rings is 2. The lowest BCUT2D eigenvalue weighted by molar-refractivity contribution is -0.137. The van der Waals surface area contributed by atoms with Crippen molar-refractivity contribution in [2.24, 2.45) is 5.92 Å². The molecule has 2 N–H and O–H groups in total. The van der Waals surface area contributed by atoms with Crippen molar-refractivity contribution in [2.75, 3.05) is 18.4 Å². The van der Waals surface area contributed by atoms with Crippen molar-refractivity contribution in [3.8, 4) is 0 Å². The van der Waals surface area contributed by atoms with Gasteiger partial charge in [-0.25, -0.2) is 4.79 Å². The quantitative estimate of drug-likeness (QED) is 0.627. The molecule has 3 rings (SSSR count). The molecule has 3 amide bonds. The van der Waals surface area contributed by atoms with E-state index in [0.29, 0.717) is 31.5 Å². The molecule has 2 aromatic rings. The van der Waals surface area contributed by atoms with Crippen LogP contribution in [-0.4, -0.2) is 29.9 Å². The molecule has 1 saturated heterocycles. The monoisotopic (exact) mass is 447 g/mol. The number of rotatable bonds is 6. The number of carbonyl (C=O) groups is 2.